The number of carbonyl (C=O) groups excluding carboxylic acids is 1. The molecule has 6 nitrogen and oxygen atoms in total. The monoisotopic (exact) mass is 359 g/mol. The number of halogens is 2. The standard InChI is InChI=1S/C13H11Cl2N3O3S/c1-8-2-4-9(5-3-8)13(19)17-18-22(20,21)10-6-11(14)12(15)16-7-10/h2-7,18H,1H3,(H,17,19). The lowest BCUT2D eigenvalue weighted by Gasteiger charge is -2.09. The van der Waals surface area contributed by atoms with Gasteiger partial charge in [-0.3, -0.25) is 10.2 Å². The first kappa shape index (κ1) is 16.7. The van der Waals surface area contributed by atoms with Crippen molar-refractivity contribution in [2.24, 2.45) is 0 Å². The minimum Gasteiger partial charge on any atom is -0.273 e. The molecule has 0 aliphatic rings. The van der Waals surface area contributed by atoms with E-state index in [1.165, 1.54) is 0 Å². The van der Waals surface area contributed by atoms with E-state index in [-0.39, 0.29) is 15.1 Å². The third-order valence-corrected chi connectivity index (χ3v) is 4.59. The first-order valence-electron chi connectivity index (χ1n) is 5.99. The molecule has 2 rings (SSSR count). The average molecular weight is 360 g/mol. The van der Waals surface area contributed by atoms with Crippen LogP contribution in [0.4, 0.5) is 0 Å². The van der Waals surface area contributed by atoms with E-state index in [2.05, 4.69) is 10.4 Å². The molecule has 0 saturated heterocycles. The Morgan fingerprint density at radius 2 is 1.82 bits per heavy atom. The van der Waals surface area contributed by atoms with E-state index in [0.717, 1.165) is 17.8 Å². The topological polar surface area (TPSA) is 88.2 Å². The van der Waals surface area contributed by atoms with E-state index in [1.807, 2.05) is 11.8 Å². The molecule has 22 heavy (non-hydrogen) atoms. The predicted molar refractivity (Wildman–Crippen MR) is 83.2 cm³/mol. The van der Waals surface area contributed by atoms with Crippen LogP contribution in [-0.2, 0) is 10.0 Å². The Hall–Kier alpha value is -1.67. The van der Waals surface area contributed by atoms with Gasteiger partial charge in [-0.05, 0) is 25.1 Å². The number of hydrogen-bond acceptors (Lipinski definition) is 4. The van der Waals surface area contributed by atoms with Crippen molar-refractivity contribution in [3.05, 3.63) is 57.8 Å². The largest absolute Gasteiger partial charge is 0.273 e. The molecule has 2 N–H and O–H groups in total. The zero-order chi connectivity index (χ0) is 16.3. The minimum atomic E-state index is -4.00. The lowest BCUT2D eigenvalue weighted by atomic mass is 10.1. The van der Waals surface area contributed by atoms with E-state index in [4.69, 9.17) is 23.2 Å². The zero-order valence-corrected chi connectivity index (χ0v) is 13.6. The molecule has 2 aromatic rings. The molecule has 1 aromatic carbocycles. The molecule has 1 aromatic heterocycles. The van der Waals surface area contributed by atoms with Crippen molar-refractivity contribution >= 4 is 39.1 Å². The number of carbonyl (C=O) groups is 1. The highest BCUT2D eigenvalue weighted by atomic mass is 35.5. The summed E-state index contributed by atoms with van der Waals surface area (Å²) in [6.07, 6.45) is 1.04. The van der Waals surface area contributed by atoms with Crippen LogP contribution < -0.4 is 10.3 Å². The van der Waals surface area contributed by atoms with Crippen LogP contribution in [0.2, 0.25) is 10.2 Å². The molecule has 0 spiro atoms. The summed E-state index contributed by atoms with van der Waals surface area (Å²) in [5, 5.41) is -0.0151. The lowest BCUT2D eigenvalue weighted by Crippen LogP contribution is -2.41. The molecular weight excluding hydrogens is 349 g/mol. The van der Waals surface area contributed by atoms with Gasteiger partial charge in [0.15, 0.2) is 0 Å². The second kappa shape index (κ2) is 6.62. The Kier molecular flexibility index (Phi) is 5.02. The second-order valence-corrected chi connectivity index (χ2v) is 6.82. The smallest absolute Gasteiger partial charge is 0.266 e. The number of amides is 1. The molecule has 1 heterocycles. The summed E-state index contributed by atoms with van der Waals surface area (Å²) in [5.74, 6) is -0.586. The number of pyridine rings is 1. The van der Waals surface area contributed by atoms with Gasteiger partial charge in [0.2, 0.25) is 0 Å². The van der Waals surface area contributed by atoms with Crippen LogP contribution in [0.1, 0.15) is 15.9 Å². The van der Waals surface area contributed by atoms with Gasteiger partial charge in [-0.1, -0.05) is 40.9 Å². The molecule has 0 bridgehead atoms. The highest BCUT2D eigenvalue weighted by Crippen LogP contribution is 2.21. The number of aromatic nitrogens is 1. The molecule has 0 atom stereocenters. The van der Waals surface area contributed by atoms with Crippen molar-refractivity contribution in [2.75, 3.05) is 0 Å². The first-order valence-corrected chi connectivity index (χ1v) is 8.23. The number of rotatable bonds is 4. The van der Waals surface area contributed by atoms with Crippen molar-refractivity contribution in [2.45, 2.75) is 11.8 Å². The van der Waals surface area contributed by atoms with Gasteiger partial charge in [-0.25, -0.2) is 13.4 Å². The van der Waals surface area contributed by atoms with Crippen molar-refractivity contribution in [3.8, 4) is 0 Å². The fourth-order valence-corrected chi connectivity index (χ4v) is 2.64. The molecule has 0 saturated carbocycles. The molecule has 0 aliphatic carbocycles. The summed E-state index contributed by atoms with van der Waals surface area (Å²) in [6.45, 7) is 1.88. The van der Waals surface area contributed by atoms with Gasteiger partial charge in [-0.2, -0.15) is 0 Å². The third kappa shape index (κ3) is 3.95. The summed E-state index contributed by atoms with van der Waals surface area (Å²) in [6, 6.07) is 7.79. The minimum absolute atomic E-state index is 0.00518. The number of hydrazine groups is 1. The normalized spacial score (nSPS) is 11.2. The molecule has 1 amide bonds. The van der Waals surface area contributed by atoms with Crippen LogP contribution >= 0.6 is 23.2 Å². The third-order valence-electron chi connectivity index (χ3n) is 2.69. The van der Waals surface area contributed by atoms with Crippen LogP contribution in [0.25, 0.3) is 0 Å². The molecule has 9 heteroatoms. The summed E-state index contributed by atoms with van der Waals surface area (Å²) in [4.78, 5) is 17.2. The Bertz CT molecular complexity index is 808. The molecular formula is C13H11Cl2N3O3S. The molecule has 0 unspecified atom stereocenters. The fourth-order valence-electron chi connectivity index (χ4n) is 1.50. The van der Waals surface area contributed by atoms with Gasteiger partial charge >= 0.3 is 0 Å². The molecule has 0 radical (unpaired) electrons. The van der Waals surface area contributed by atoms with E-state index in [0.29, 0.717) is 5.56 Å². The van der Waals surface area contributed by atoms with E-state index >= 15 is 0 Å². The summed E-state index contributed by atoms with van der Waals surface area (Å²) in [5.41, 5.74) is 3.42. The SMILES string of the molecule is Cc1ccc(C(=O)NNS(=O)(=O)c2cnc(Cl)c(Cl)c2)cc1. The Labute approximate surface area is 137 Å². The average Bonchev–Trinajstić information content (AvgIpc) is 2.48. The van der Waals surface area contributed by atoms with Crippen molar-refractivity contribution in [1.82, 2.24) is 15.2 Å². The van der Waals surface area contributed by atoms with Gasteiger partial charge in [0.1, 0.15) is 10.0 Å². The van der Waals surface area contributed by atoms with Crippen molar-refractivity contribution in [3.63, 3.8) is 0 Å². The Balaban J connectivity index is 2.10. The molecule has 0 fully saturated rings. The second-order valence-electron chi connectivity index (χ2n) is 4.37. The van der Waals surface area contributed by atoms with Gasteiger partial charge in [-0.15, -0.1) is 4.83 Å². The maximum Gasteiger partial charge on any atom is 0.266 e. The van der Waals surface area contributed by atoms with Crippen LogP contribution in [0.15, 0.2) is 41.4 Å². The zero-order valence-electron chi connectivity index (χ0n) is 11.3. The number of sulfonamides is 1. The van der Waals surface area contributed by atoms with Crippen LogP contribution in [0.5, 0.6) is 0 Å². The lowest BCUT2D eigenvalue weighted by molar-refractivity contribution is 0.0945. The molecule has 116 valence electrons. The summed E-state index contributed by atoms with van der Waals surface area (Å²) >= 11 is 11.3. The van der Waals surface area contributed by atoms with E-state index < -0.39 is 15.9 Å². The first-order chi connectivity index (χ1) is 10.3. The van der Waals surface area contributed by atoms with Crippen molar-refractivity contribution < 1.29 is 13.2 Å². The van der Waals surface area contributed by atoms with Gasteiger partial charge < -0.3 is 0 Å². The number of hydrogen-bond donors (Lipinski definition) is 2. The van der Waals surface area contributed by atoms with E-state index in [1.54, 1.807) is 24.3 Å². The number of benzene rings is 1. The number of nitrogens with one attached hydrogen (secondary N) is 2. The van der Waals surface area contributed by atoms with E-state index in [9.17, 15) is 13.2 Å². The number of nitrogens with zero attached hydrogens (tertiary/aromatic N) is 1. The van der Waals surface area contributed by atoms with Crippen LogP contribution in [0, 0.1) is 6.92 Å². The Morgan fingerprint density at radius 1 is 1.18 bits per heavy atom. The van der Waals surface area contributed by atoms with Gasteiger partial charge in [0.05, 0.1) is 5.02 Å². The number of aryl methyl sites for hydroxylation is 1. The highest BCUT2D eigenvalue weighted by molar-refractivity contribution is 7.89. The summed E-state index contributed by atoms with van der Waals surface area (Å²) in [7, 11) is -4.00. The van der Waals surface area contributed by atoms with Gasteiger partial charge in [0, 0.05) is 11.8 Å². The summed E-state index contributed by atoms with van der Waals surface area (Å²) < 4.78 is 24.0. The maximum atomic E-state index is 12.0. The predicted octanol–water partition coefficient (Wildman–Crippen LogP) is 2.32. The molecule has 0 aliphatic heterocycles. The highest BCUT2D eigenvalue weighted by Gasteiger charge is 2.17. The fraction of sp³-hybridized carbons (Fsp3) is 0.0769. The van der Waals surface area contributed by atoms with Crippen molar-refractivity contribution in [1.29, 1.82) is 0 Å². The Morgan fingerprint density at radius 3 is 2.41 bits per heavy atom. The maximum absolute atomic E-state index is 12.0. The van der Waals surface area contributed by atoms with Crippen LogP contribution in [0.3, 0.4) is 0 Å². The quantitative estimate of drug-likeness (QED) is 0.647. The van der Waals surface area contributed by atoms with Crippen LogP contribution in [-0.4, -0.2) is 19.3 Å². The van der Waals surface area contributed by atoms with Gasteiger partial charge in [0.25, 0.3) is 15.9 Å².